The Morgan fingerprint density at radius 1 is 1.29 bits per heavy atom. The van der Waals surface area contributed by atoms with Gasteiger partial charge in [0.2, 0.25) is 15.9 Å². The van der Waals surface area contributed by atoms with Crippen LogP contribution in [0.4, 0.5) is 0 Å². The van der Waals surface area contributed by atoms with Crippen LogP contribution in [0.2, 0.25) is 0 Å². The van der Waals surface area contributed by atoms with Crippen LogP contribution in [-0.4, -0.2) is 44.9 Å². The van der Waals surface area contributed by atoms with Crippen LogP contribution in [0, 0.1) is 5.92 Å². The summed E-state index contributed by atoms with van der Waals surface area (Å²) < 4.78 is 22.4. The number of sulfonamides is 1. The van der Waals surface area contributed by atoms with E-state index in [1.807, 2.05) is 6.92 Å². The highest BCUT2D eigenvalue weighted by Gasteiger charge is 2.24. The van der Waals surface area contributed by atoms with Crippen molar-refractivity contribution in [1.29, 1.82) is 0 Å². The number of likely N-dealkylation sites (tertiary alicyclic amines) is 1. The van der Waals surface area contributed by atoms with Gasteiger partial charge in [-0.15, -0.1) is 0 Å². The summed E-state index contributed by atoms with van der Waals surface area (Å²) in [6.07, 6.45) is 2.95. The lowest BCUT2D eigenvalue weighted by molar-refractivity contribution is -0.126. The van der Waals surface area contributed by atoms with Gasteiger partial charge in [0, 0.05) is 6.54 Å². The number of piperidine rings is 1. The highest BCUT2D eigenvalue weighted by molar-refractivity contribution is 7.89. The highest BCUT2D eigenvalue weighted by atomic mass is 32.2. The topological polar surface area (TPSA) is 92.5 Å². The first kappa shape index (κ1) is 18.9. The number of nitrogens with two attached hydrogens (primary N) is 1. The number of benzene rings is 1. The minimum absolute atomic E-state index is 0.0470. The molecule has 2 rings (SSSR count). The predicted octanol–water partition coefficient (Wildman–Crippen LogP) is 1.11. The van der Waals surface area contributed by atoms with E-state index in [4.69, 9.17) is 5.14 Å². The molecule has 0 aromatic heterocycles. The first-order valence-corrected chi connectivity index (χ1v) is 9.95. The normalized spacial score (nSPS) is 18.3. The molecule has 0 spiro atoms. The third-order valence-corrected chi connectivity index (χ3v) is 5.64. The Labute approximate surface area is 144 Å². The van der Waals surface area contributed by atoms with Crippen LogP contribution in [0.3, 0.4) is 0 Å². The Balaban J connectivity index is 1.78. The standard InChI is InChI=1S/C17H27N3O3S/c1-13-8-11-20(12-9-13)14(2)17(21)19-10-7-15-3-5-16(6-4-15)24(18,22)23/h3-6,13-14H,7-12H2,1-2H3,(H,19,21)(H2,18,22,23)/t14-/m1/s1. The van der Waals surface area contributed by atoms with Gasteiger partial charge in [-0.1, -0.05) is 19.1 Å². The maximum Gasteiger partial charge on any atom is 0.238 e. The maximum atomic E-state index is 12.3. The van der Waals surface area contributed by atoms with Crippen LogP contribution in [0.5, 0.6) is 0 Å². The molecule has 1 atom stereocenters. The lowest BCUT2D eigenvalue weighted by Crippen LogP contribution is -2.48. The van der Waals surface area contributed by atoms with Gasteiger partial charge in [-0.3, -0.25) is 9.69 Å². The molecule has 0 saturated carbocycles. The number of carbonyl (C=O) groups excluding carboxylic acids is 1. The van der Waals surface area contributed by atoms with E-state index in [-0.39, 0.29) is 16.8 Å². The summed E-state index contributed by atoms with van der Waals surface area (Å²) >= 11 is 0. The van der Waals surface area contributed by atoms with Gasteiger partial charge in [0.15, 0.2) is 0 Å². The zero-order valence-corrected chi connectivity index (χ0v) is 15.2. The summed E-state index contributed by atoms with van der Waals surface area (Å²) in [6, 6.07) is 6.32. The summed E-state index contributed by atoms with van der Waals surface area (Å²) in [6.45, 7) is 6.69. The fraction of sp³-hybridized carbons (Fsp3) is 0.588. The van der Waals surface area contributed by atoms with Crippen LogP contribution in [0.25, 0.3) is 0 Å². The van der Waals surface area contributed by atoms with Crippen molar-refractivity contribution in [1.82, 2.24) is 10.2 Å². The molecular weight excluding hydrogens is 326 g/mol. The van der Waals surface area contributed by atoms with E-state index in [1.54, 1.807) is 12.1 Å². The summed E-state index contributed by atoms with van der Waals surface area (Å²) in [5.74, 6) is 0.794. The zero-order chi connectivity index (χ0) is 17.7. The molecule has 1 heterocycles. The van der Waals surface area contributed by atoms with Crippen molar-refractivity contribution in [3.8, 4) is 0 Å². The third kappa shape index (κ3) is 5.29. The van der Waals surface area contributed by atoms with Gasteiger partial charge in [0.05, 0.1) is 10.9 Å². The SMILES string of the molecule is CC1CCN([C@H](C)C(=O)NCCc2ccc(S(N)(=O)=O)cc2)CC1. The Morgan fingerprint density at radius 3 is 2.42 bits per heavy atom. The van der Waals surface area contributed by atoms with Crippen molar-refractivity contribution in [3.05, 3.63) is 29.8 Å². The van der Waals surface area contributed by atoms with Gasteiger partial charge in [0.1, 0.15) is 0 Å². The van der Waals surface area contributed by atoms with Gasteiger partial charge >= 0.3 is 0 Å². The van der Waals surface area contributed by atoms with Crippen molar-refractivity contribution in [3.63, 3.8) is 0 Å². The molecule has 1 aliphatic heterocycles. The maximum absolute atomic E-state index is 12.3. The molecule has 1 amide bonds. The Morgan fingerprint density at radius 2 is 1.88 bits per heavy atom. The molecule has 0 unspecified atom stereocenters. The number of nitrogens with zero attached hydrogens (tertiary/aromatic N) is 1. The van der Waals surface area contributed by atoms with E-state index in [0.29, 0.717) is 13.0 Å². The fourth-order valence-corrected chi connectivity index (χ4v) is 3.42. The molecular formula is C17H27N3O3S. The summed E-state index contributed by atoms with van der Waals surface area (Å²) in [7, 11) is -3.66. The van der Waals surface area contributed by atoms with E-state index in [0.717, 1.165) is 37.4 Å². The number of primary sulfonamides is 1. The molecule has 134 valence electrons. The van der Waals surface area contributed by atoms with E-state index in [1.165, 1.54) is 12.1 Å². The van der Waals surface area contributed by atoms with Gasteiger partial charge < -0.3 is 5.32 Å². The number of nitrogens with one attached hydrogen (secondary N) is 1. The molecule has 3 N–H and O–H groups in total. The lowest BCUT2D eigenvalue weighted by atomic mass is 9.98. The van der Waals surface area contributed by atoms with Crippen molar-refractivity contribution < 1.29 is 13.2 Å². The number of hydrogen-bond donors (Lipinski definition) is 2. The van der Waals surface area contributed by atoms with E-state index >= 15 is 0 Å². The number of rotatable bonds is 6. The molecule has 1 saturated heterocycles. The number of carbonyl (C=O) groups is 1. The summed E-state index contributed by atoms with van der Waals surface area (Å²) in [5, 5.41) is 8.03. The minimum Gasteiger partial charge on any atom is -0.354 e. The second kappa shape index (κ2) is 8.09. The quantitative estimate of drug-likeness (QED) is 0.801. The molecule has 1 fully saturated rings. The number of amides is 1. The van der Waals surface area contributed by atoms with E-state index < -0.39 is 10.0 Å². The fourth-order valence-electron chi connectivity index (χ4n) is 2.91. The third-order valence-electron chi connectivity index (χ3n) is 4.71. The first-order valence-electron chi connectivity index (χ1n) is 8.41. The lowest BCUT2D eigenvalue weighted by Gasteiger charge is -2.34. The van der Waals surface area contributed by atoms with Crippen molar-refractivity contribution in [2.45, 2.75) is 44.0 Å². The average Bonchev–Trinajstić information content (AvgIpc) is 2.54. The molecule has 0 radical (unpaired) electrons. The van der Waals surface area contributed by atoms with Gasteiger partial charge in [-0.05, 0) is 62.9 Å². The summed E-state index contributed by atoms with van der Waals surface area (Å²) in [5.41, 5.74) is 0.960. The van der Waals surface area contributed by atoms with Crippen LogP contribution >= 0.6 is 0 Å². The average molecular weight is 353 g/mol. The molecule has 1 aromatic carbocycles. The van der Waals surface area contributed by atoms with Crippen molar-refractivity contribution >= 4 is 15.9 Å². The first-order chi connectivity index (χ1) is 11.3. The second-order valence-corrected chi connectivity index (χ2v) is 8.19. The van der Waals surface area contributed by atoms with E-state index in [2.05, 4.69) is 17.1 Å². The molecule has 7 heteroatoms. The molecule has 6 nitrogen and oxygen atoms in total. The highest BCUT2D eigenvalue weighted by Crippen LogP contribution is 2.18. The van der Waals surface area contributed by atoms with Crippen molar-refractivity contribution in [2.24, 2.45) is 11.1 Å². The molecule has 0 bridgehead atoms. The van der Waals surface area contributed by atoms with Crippen LogP contribution in [-0.2, 0) is 21.2 Å². The minimum atomic E-state index is -3.66. The van der Waals surface area contributed by atoms with E-state index in [9.17, 15) is 13.2 Å². The van der Waals surface area contributed by atoms with Crippen LogP contribution < -0.4 is 10.5 Å². The number of hydrogen-bond acceptors (Lipinski definition) is 4. The van der Waals surface area contributed by atoms with Gasteiger partial charge in [-0.25, -0.2) is 13.6 Å². The smallest absolute Gasteiger partial charge is 0.238 e. The molecule has 24 heavy (non-hydrogen) atoms. The van der Waals surface area contributed by atoms with Gasteiger partial charge in [0.25, 0.3) is 0 Å². The summed E-state index contributed by atoms with van der Waals surface area (Å²) in [4.78, 5) is 14.6. The van der Waals surface area contributed by atoms with Crippen LogP contribution in [0.15, 0.2) is 29.2 Å². The predicted molar refractivity (Wildman–Crippen MR) is 94.0 cm³/mol. The Bertz CT molecular complexity index is 650. The second-order valence-electron chi connectivity index (χ2n) is 6.62. The Hall–Kier alpha value is -1.44. The van der Waals surface area contributed by atoms with Gasteiger partial charge in [-0.2, -0.15) is 0 Å². The molecule has 1 aromatic rings. The van der Waals surface area contributed by atoms with Crippen LogP contribution in [0.1, 0.15) is 32.3 Å². The molecule has 0 aliphatic carbocycles. The monoisotopic (exact) mass is 353 g/mol. The van der Waals surface area contributed by atoms with Crippen molar-refractivity contribution in [2.75, 3.05) is 19.6 Å². The molecule has 1 aliphatic rings. The largest absolute Gasteiger partial charge is 0.354 e. The zero-order valence-electron chi connectivity index (χ0n) is 14.4. The Kier molecular flexibility index (Phi) is 6.37.